The van der Waals surface area contributed by atoms with Crippen molar-refractivity contribution < 1.29 is 35.6 Å². The molecule has 18 heterocycles. The van der Waals surface area contributed by atoms with E-state index in [9.17, 15) is 0 Å². The van der Waals surface area contributed by atoms with E-state index in [1.807, 2.05) is 94.7 Å². The second-order valence-electron chi connectivity index (χ2n) is 38.5. The van der Waals surface area contributed by atoms with Crippen LogP contribution in [0.15, 0.2) is 335 Å². The van der Waals surface area contributed by atoms with Crippen molar-refractivity contribution in [2.24, 2.45) is 42.3 Å². The van der Waals surface area contributed by atoms with Crippen LogP contribution in [0.4, 0.5) is 0 Å². The maximum Gasteiger partial charge on any atom is 0.239 e. The molecule has 0 spiro atoms. The third-order valence-corrected chi connectivity index (χ3v) is 29.2. The smallest absolute Gasteiger partial charge is 0.239 e. The lowest BCUT2D eigenvalue weighted by Gasteiger charge is -2.12. The first-order chi connectivity index (χ1) is 72.0. The van der Waals surface area contributed by atoms with Gasteiger partial charge in [0.15, 0.2) is 24.8 Å². The van der Waals surface area contributed by atoms with Crippen LogP contribution >= 0.6 is 0 Å². The van der Waals surface area contributed by atoms with Gasteiger partial charge in [0.25, 0.3) is 0 Å². The Hall–Kier alpha value is -17.1. The predicted molar refractivity (Wildman–Crippen MR) is 571 cm³/mol. The average molecular weight is 1870 g/mol. The number of rotatable bonds is 8. The molecule has 18 nitrogen and oxygen atoms in total. The van der Waals surface area contributed by atoms with E-state index in [4.69, 9.17) is 18.2 Å². The lowest BCUT2D eigenvalue weighted by molar-refractivity contribution is -0.660. The van der Waals surface area contributed by atoms with Crippen LogP contribution in [0.2, 0.25) is 0 Å². The first-order valence-corrected chi connectivity index (χ1v) is 48.9. The highest BCUT2D eigenvalue weighted by Crippen LogP contribution is 2.42. The molecular formula is C125H114N18+6. The Bertz CT molecular complexity index is 9240. The largest absolute Gasteiger partial charge is 0.298 e. The summed E-state index contributed by atoms with van der Waals surface area (Å²) in [5, 5.41) is 2.32. The summed E-state index contributed by atoms with van der Waals surface area (Å²) in [7, 11) is 12.6. The lowest BCUT2D eigenvalue weighted by atomic mass is 9.96. The summed E-state index contributed by atoms with van der Waals surface area (Å²) in [6.45, 7) is 10.6. The molecule has 0 unspecified atom stereocenters. The van der Waals surface area contributed by atoms with Gasteiger partial charge in [-0.15, -0.1) is 0 Å². The van der Waals surface area contributed by atoms with Gasteiger partial charge in [-0.25, -0.2) is 29.9 Å². The SMILES string of the molecule is Cc1ccc(-c2cc3c(c[n+]2C)-n2ccnc2C3)c(C)c1.Cc1ccc(-c2ccccc2)cc1-c1c2c(nc3n2C=CC3)c2ccccc2[n+]1C.Cc1ccc(-c2ccccc2)cc1-c1cc2c(c[n+]1C)-n1ccnc1C2.Cc1ccccc1-c1cc2c(c[n+]1C)-n1ccnc1C2.[2H]C([2H])([2H])c1ccc(-c2c3c(nc4n3C=CC4)c3ccccc3[n+]2C)c(C)c1.[2H]C([2H])([2H])c1ccc(-c2cc3c(c[n+]2C)-n2ccnc2C3)c(C)c1. The molecule has 0 amide bonds. The van der Waals surface area contributed by atoms with Crippen LogP contribution in [0.25, 0.3) is 169 Å². The number of aryl methyl sites for hydroxylation is 15. The number of para-hydroxylation sites is 2. The molecule has 0 fully saturated rings. The highest BCUT2D eigenvalue weighted by molar-refractivity contribution is 6.08. The summed E-state index contributed by atoms with van der Waals surface area (Å²) in [5.74, 6) is 6.57. The normalized spacial score (nSPS) is 13.3. The maximum absolute atomic E-state index is 7.71. The topological polar surface area (TPSA) is 130 Å². The molecule has 0 saturated heterocycles. The van der Waals surface area contributed by atoms with Gasteiger partial charge in [0.2, 0.25) is 45.2 Å². The van der Waals surface area contributed by atoms with Gasteiger partial charge in [0.05, 0.1) is 21.9 Å². The fraction of sp³-hybridized carbons (Fsp3) is 0.168. The average Bonchev–Trinajstić information content (AvgIpc) is 1.59. The van der Waals surface area contributed by atoms with Crippen molar-refractivity contribution in [2.75, 3.05) is 0 Å². The Balaban J connectivity index is 0.0000000986. The van der Waals surface area contributed by atoms with Crippen LogP contribution in [0.1, 0.15) is 115 Å². The van der Waals surface area contributed by atoms with Crippen molar-refractivity contribution in [1.29, 1.82) is 0 Å². The molecule has 12 aromatic heterocycles. The zero-order valence-corrected chi connectivity index (χ0v) is 82.7. The van der Waals surface area contributed by atoms with Crippen LogP contribution in [0.3, 0.4) is 0 Å². The number of allylic oxidation sites excluding steroid dienone is 2. The minimum absolute atomic E-state index is 0.367. The summed E-state index contributed by atoms with van der Waals surface area (Å²) in [6, 6.07) is 86.6. The number of imidazole rings is 6. The van der Waals surface area contributed by atoms with Gasteiger partial charge in [-0.1, -0.05) is 193 Å². The second kappa shape index (κ2) is 36.6. The van der Waals surface area contributed by atoms with Gasteiger partial charge in [-0.2, -0.15) is 27.4 Å². The number of benzene rings is 10. The summed E-state index contributed by atoms with van der Waals surface area (Å²) in [6.07, 6.45) is 38.1. The van der Waals surface area contributed by atoms with E-state index < -0.39 is 13.7 Å². The molecule has 0 aliphatic carbocycles. The lowest BCUT2D eigenvalue weighted by Crippen LogP contribution is -2.33. The summed E-state index contributed by atoms with van der Waals surface area (Å²) < 4.78 is 72.2. The summed E-state index contributed by atoms with van der Waals surface area (Å²) in [4.78, 5) is 27.7. The summed E-state index contributed by atoms with van der Waals surface area (Å²) in [5.41, 5.74) is 45.2. The molecule has 6 aliphatic heterocycles. The van der Waals surface area contributed by atoms with Crippen molar-refractivity contribution in [2.45, 2.75) is 101 Å². The van der Waals surface area contributed by atoms with Gasteiger partial charge in [-0.05, 0) is 189 Å². The van der Waals surface area contributed by atoms with Crippen molar-refractivity contribution in [1.82, 2.24) is 57.3 Å². The first-order valence-electron chi connectivity index (χ1n) is 51.9. The van der Waals surface area contributed by atoms with Crippen LogP contribution in [-0.4, -0.2) is 57.3 Å². The Morgan fingerprint density at radius 2 is 0.622 bits per heavy atom. The highest BCUT2D eigenvalue weighted by atomic mass is 15.2. The van der Waals surface area contributed by atoms with Crippen molar-refractivity contribution in [3.05, 3.63) is 443 Å². The Morgan fingerprint density at radius 3 is 1.03 bits per heavy atom. The quantitative estimate of drug-likeness (QED) is 0.139. The molecule has 0 bridgehead atoms. The zero-order chi connectivity index (χ0) is 103. The van der Waals surface area contributed by atoms with Gasteiger partial charge >= 0.3 is 0 Å². The van der Waals surface area contributed by atoms with Gasteiger partial charge in [-0.3, -0.25) is 27.4 Å². The van der Waals surface area contributed by atoms with Crippen molar-refractivity contribution in [3.8, 4) is 113 Å². The zero-order valence-electron chi connectivity index (χ0n) is 88.7. The van der Waals surface area contributed by atoms with Crippen LogP contribution in [0, 0.1) is 62.2 Å². The molecule has 143 heavy (non-hydrogen) atoms. The van der Waals surface area contributed by atoms with E-state index in [1.165, 1.54) is 151 Å². The molecule has 0 N–H and O–H groups in total. The molecule has 0 radical (unpaired) electrons. The second-order valence-corrected chi connectivity index (χ2v) is 38.5. The number of pyridine rings is 6. The minimum atomic E-state index is -2.11. The van der Waals surface area contributed by atoms with Gasteiger partial charge in [0.1, 0.15) is 122 Å². The van der Waals surface area contributed by atoms with Crippen LogP contribution in [0.5, 0.6) is 0 Å². The fourth-order valence-corrected chi connectivity index (χ4v) is 21.9. The van der Waals surface area contributed by atoms with Gasteiger partial charge < -0.3 is 0 Å². The highest BCUT2D eigenvalue weighted by Gasteiger charge is 2.35. The Kier molecular flexibility index (Phi) is 21.2. The molecule has 22 aromatic rings. The monoisotopic (exact) mass is 1870 g/mol. The molecular weight excluding hydrogens is 1750 g/mol. The van der Waals surface area contributed by atoms with E-state index in [1.54, 1.807) is 24.3 Å². The fourth-order valence-electron chi connectivity index (χ4n) is 21.9. The molecule has 28 rings (SSSR count). The van der Waals surface area contributed by atoms with E-state index in [0.29, 0.717) is 11.1 Å². The van der Waals surface area contributed by atoms with Crippen molar-refractivity contribution >= 4 is 56.3 Å². The van der Waals surface area contributed by atoms with E-state index >= 15 is 0 Å². The number of aromatic nitrogens is 18. The number of fused-ring (bicyclic) bond motifs is 22. The maximum atomic E-state index is 7.71. The van der Waals surface area contributed by atoms with Crippen molar-refractivity contribution in [3.63, 3.8) is 0 Å². The van der Waals surface area contributed by atoms with Crippen LogP contribution < -0.4 is 27.4 Å². The van der Waals surface area contributed by atoms with Crippen LogP contribution in [-0.2, 0) is 80.8 Å². The molecule has 18 heteroatoms. The third-order valence-electron chi connectivity index (χ3n) is 29.2. The first kappa shape index (κ1) is 82.9. The third kappa shape index (κ3) is 16.2. The molecule has 698 valence electrons. The molecule has 10 aromatic carbocycles. The summed E-state index contributed by atoms with van der Waals surface area (Å²) >= 11 is 0. The number of hydrogen-bond donors (Lipinski definition) is 0. The molecule has 6 aliphatic rings. The molecule has 0 saturated carbocycles. The Morgan fingerprint density at radius 1 is 0.287 bits per heavy atom. The Labute approximate surface area is 842 Å². The molecule has 0 atom stereocenters. The standard InChI is InChI=1S/C27H22N3.C23H20N3.C22H20N3.2C18H18N3.C17H16N3/c1-18-14-15-20(19-9-4-3-5-10-19)17-22(18)26-27-25(28-24-13-8-16-30(24)27)21-11-6-7-12-23(21)29(26)2;1-16-8-9-18(17-6-4-3-5-7-17)12-20(16)21-13-19-14-23-24-10-11-26(23)22(19)15-25(21)2;1-14-10-11-16(15(2)13-14)21-22-20(23-19-9-6-12-25(19)22)17-7-4-5-8-18(17)24(21)3;2*1-12-4-5-15(13(2)8-12)16-9-14-10-18-19-6-7-21(18)17(14)11-20(16)3;1-12-5-3-4-6-14(12)15-9-13-10-17-18-7-8-20(17)16(13)11-19(15)2/h3-12,14-17H,13H2,1-2H3;3-13,15H,14H2,1-2H3;4-8,10-13H,9H2,1-3H3;2*4-9,11H,10H2,1-3H3;3-9,11H,10H2,1-2H3/q6*+1/i;;2*1D3;;. The van der Waals surface area contributed by atoms with E-state index in [-0.39, 0.29) is 0 Å². The minimum Gasteiger partial charge on any atom is -0.298 e. The predicted octanol–water partition coefficient (Wildman–Crippen LogP) is 22.6. The van der Waals surface area contributed by atoms with E-state index in [2.05, 4.69) is 394 Å². The van der Waals surface area contributed by atoms with Gasteiger partial charge in [0, 0.05) is 167 Å². The number of hydrogen-bond acceptors (Lipinski definition) is 6. The number of nitrogens with zero attached hydrogens (tertiary/aromatic N) is 18. The van der Waals surface area contributed by atoms with E-state index in [0.717, 1.165) is 140 Å².